The van der Waals surface area contributed by atoms with Gasteiger partial charge in [-0.15, -0.1) is 0 Å². The number of nitrogens with two attached hydrogens (primary N) is 1. The Morgan fingerprint density at radius 2 is 2.03 bits per heavy atom. The maximum Gasteiger partial charge on any atom is 0.330 e. The topological polar surface area (TPSA) is 160 Å². The van der Waals surface area contributed by atoms with Gasteiger partial charge < -0.3 is 26.0 Å². The number of amides is 1. The van der Waals surface area contributed by atoms with E-state index in [9.17, 15) is 24.6 Å². The minimum absolute atomic E-state index is 0.124. The van der Waals surface area contributed by atoms with Crippen LogP contribution < -0.4 is 22.3 Å². The fourth-order valence-electron chi connectivity index (χ4n) is 3.23. The number of carbonyl (C=O) groups is 1. The first-order valence-corrected chi connectivity index (χ1v) is 9.88. The van der Waals surface area contributed by atoms with Crippen molar-refractivity contribution in [3.63, 3.8) is 0 Å². The fourth-order valence-corrected chi connectivity index (χ4v) is 3.23. The molecule has 3 atom stereocenters. The van der Waals surface area contributed by atoms with E-state index in [0.29, 0.717) is 19.5 Å². The summed E-state index contributed by atoms with van der Waals surface area (Å²) >= 11 is 0. The molecule has 0 aliphatic carbocycles. The summed E-state index contributed by atoms with van der Waals surface area (Å²) in [6.07, 6.45) is 6.73. The number of aromatic nitrogens is 2. The van der Waals surface area contributed by atoms with Gasteiger partial charge in [0.15, 0.2) is 0 Å². The van der Waals surface area contributed by atoms with Gasteiger partial charge >= 0.3 is 5.69 Å². The lowest BCUT2D eigenvalue weighted by atomic mass is 10.0. The number of unbranched alkanes of at least 4 members (excludes halogenated alkanes) is 3. The first kappa shape index (κ1) is 23.0. The van der Waals surface area contributed by atoms with Crippen LogP contribution in [0, 0.1) is 5.92 Å². The molecule has 1 fully saturated rings. The summed E-state index contributed by atoms with van der Waals surface area (Å²) in [6.45, 7) is 0.738. The molecule has 0 bridgehead atoms. The largest absolute Gasteiger partial charge is 0.396 e. The summed E-state index contributed by atoms with van der Waals surface area (Å²) in [5.41, 5.74) is 4.28. The summed E-state index contributed by atoms with van der Waals surface area (Å²) in [6, 6.07) is 0. The predicted octanol–water partition coefficient (Wildman–Crippen LogP) is -0.927. The van der Waals surface area contributed by atoms with Crippen molar-refractivity contribution < 1.29 is 19.7 Å². The first-order chi connectivity index (χ1) is 14.0. The van der Waals surface area contributed by atoms with E-state index >= 15 is 0 Å². The number of H-pyrrole nitrogens is 1. The molecule has 1 amide bonds. The third-order valence-electron chi connectivity index (χ3n) is 4.93. The van der Waals surface area contributed by atoms with Crippen molar-refractivity contribution in [1.29, 1.82) is 0 Å². The van der Waals surface area contributed by atoms with E-state index in [-0.39, 0.29) is 30.6 Å². The molecule has 0 radical (unpaired) electrons. The minimum Gasteiger partial charge on any atom is -0.396 e. The highest BCUT2D eigenvalue weighted by molar-refractivity contribution is 5.91. The van der Waals surface area contributed by atoms with E-state index < -0.39 is 23.6 Å². The summed E-state index contributed by atoms with van der Waals surface area (Å²) < 4.78 is 6.82. The molecule has 2 heterocycles. The van der Waals surface area contributed by atoms with Gasteiger partial charge in [0.1, 0.15) is 6.23 Å². The second kappa shape index (κ2) is 11.7. The summed E-state index contributed by atoms with van der Waals surface area (Å²) in [5.74, 6) is -0.641. The molecule has 1 aliphatic rings. The molecule has 0 unspecified atom stereocenters. The van der Waals surface area contributed by atoms with E-state index in [4.69, 9.17) is 10.5 Å². The van der Waals surface area contributed by atoms with Crippen LogP contribution in [0.3, 0.4) is 0 Å². The maximum absolute atomic E-state index is 12.1. The number of nitrogens with one attached hydrogen (secondary N) is 2. The highest BCUT2D eigenvalue weighted by atomic mass is 16.5. The van der Waals surface area contributed by atoms with Gasteiger partial charge in [-0.25, -0.2) is 4.79 Å². The molecule has 1 saturated heterocycles. The van der Waals surface area contributed by atoms with Crippen LogP contribution in [-0.4, -0.2) is 58.1 Å². The highest BCUT2D eigenvalue weighted by Crippen LogP contribution is 2.32. The molecule has 10 nitrogen and oxygen atoms in total. The van der Waals surface area contributed by atoms with Crippen molar-refractivity contribution in [2.24, 2.45) is 11.7 Å². The van der Waals surface area contributed by atoms with Gasteiger partial charge in [-0.05, 0) is 25.5 Å². The smallest absolute Gasteiger partial charge is 0.330 e. The van der Waals surface area contributed by atoms with Gasteiger partial charge in [-0.2, -0.15) is 0 Å². The third-order valence-corrected chi connectivity index (χ3v) is 4.93. The number of hydrogen-bond acceptors (Lipinski definition) is 7. The first-order valence-electron chi connectivity index (χ1n) is 9.88. The van der Waals surface area contributed by atoms with Gasteiger partial charge in [-0.3, -0.25) is 19.1 Å². The number of aliphatic hydroxyl groups excluding tert-OH is 2. The van der Waals surface area contributed by atoms with Crippen LogP contribution in [0.2, 0.25) is 0 Å². The number of aromatic amines is 1. The highest BCUT2D eigenvalue weighted by Gasteiger charge is 2.35. The maximum atomic E-state index is 12.1. The SMILES string of the molecule is NCCCCCCNC(=O)/C=C/c1cn([C@H]2C[C@H](CO)[C@@H](CO)O2)c(=O)[nH]c1=O. The molecule has 1 aromatic heterocycles. The predicted molar refractivity (Wildman–Crippen MR) is 107 cm³/mol. The lowest BCUT2D eigenvalue weighted by molar-refractivity contribution is -0.116. The van der Waals surface area contributed by atoms with Crippen molar-refractivity contribution in [2.75, 3.05) is 26.3 Å². The van der Waals surface area contributed by atoms with Crippen LogP contribution in [0.5, 0.6) is 0 Å². The summed E-state index contributed by atoms with van der Waals surface area (Å²) in [5, 5.41) is 21.5. The lowest BCUT2D eigenvalue weighted by Crippen LogP contribution is -2.33. The van der Waals surface area contributed by atoms with Crippen LogP contribution in [0.4, 0.5) is 0 Å². The van der Waals surface area contributed by atoms with Crippen LogP contribution in [0.25, 0.3) is 6.08 Å². The molecule has 29 heavy (non-hydrogen) atoms. The number of ether oxygens (including phenoxy) is 1. The molecular formula is C19H30N4O6. The van der Waals surface area contributed by atoms with Crippen LogP contribution >= 0.6 is 0 Å². The Kier molecular flexibility index (Phi) is 9.26. The summed E-state index contributed by atoms with van der Waals surface area (Å²) in [4.78, 5) is 38.3. The van der Waals surface area contributed by atoms with Crippen molar-refractivity contribution >= 4 is 12.0 Å². The Morgan fingerprint density at radius 3 is 2.69 bits per heavy atom. The third kappa shape index (κ3) is 6.64. The van der Waals surface area contributed by atoms with E-state index in [1.54, 1.807) is 0 Å². The Morgan fingerprint density at radius 1 is 1.28 bits per heavy atom. The minimum atomic E-state index is -0.719. The van der Waals surface area contributed by atoms with Crippen LogP contribution in [0.15, 0.2) is 21.9 Å². The van der Waals surface area contributed by atoms with Crippen molar-refractivity contribution in [2.45, 2.75) is 44.4 Å². The fraction of sp³-hybridized carbons (Fsp3) is 0.632. The Hall–Kier alpha value is -2.27. The molecule has 10 heteroatoms. The quantitative estimate of drug-likeness (QED) is 0.233. The zero-order chi connectivity index (χ0) is 21.2. The standard InChI is InChI=1S/C19H30N4O6/c20-7-3-1-2-4-8-21-16(26)6-5-13-10-23(19(28)22-18(13)27)17-9-14(11-24)15(12-25)29-17/h5-6,10,14-15,17,24-25H,1-4,7-9,11-12,20H2,(H,21,26)(H,22,27,28)/b6-5+/t14-,15-,17-/m1/s1. The average Bonchev–Trinajstić information content (AvgIpc) is 3.13. The normalized spacial score (nSPS) is 21.7. The molecule has 0 aromatic carbocycles. The Balaban J connectivity index is 2.00. The Labute approximate surface area is 168 Å². The van der Waals surface area contributed by atoms with Gasteiger partial charge in [0.25, 0.3) is 5.56 Å². The van der Waals surface area contributed by atoms with E-state index in [1.807, 2.05) is 0 Å². The zero-order valence-corrected chi connectivity index (χ0v) is 16.4. The number of carbonyl (C=O) groups excluding carboxylic acids is 1. The van der Waals surface area contributed by atoms with Gasteiger partial charge in [0.05, 0.1) is 18.3 Å². The number of nitrogens with zero attached hydrogens (tertiary/aromatic N) is 1. The lowest BCUT2D eigenvalue weighted by Gasteiger charge is -2.15. The van der Waals surface area contributed by atoms with E-state index in [2.05, 4.69) is 10.3 Å². The second-order valence-corrected chi connectivity index (χ2v) is 7.07. The number of rotatable bonds is 11. The molecule has 1 aromatic rings. The molecule has 0 spiro atoms. The monoisotopic (exact) mass is 410 g/mol. The second-order valence-electron chi connectivity index (χ2n) is 7.07. The molecule has 1 aliphatic heterocycles. The zero-order valence-electron chi connectivity index (χ0n) is 16.4. The molecule has 2 rings (SSSR count). The van der Waals surface area contributed by atoms with Gasteiger partial charge in [-0.1, -0.05) is 12.8 Å². The molecule has 162 valence electrons. The Bertz CT molecular complexity index is 791. The number of hydrogen-bond donors (Lipinski definition) is 5. The van der Waals surface area contributed by atoms with Gasteiger partial charge in [0.2, 0.25) is 5.91 Å². The number of aliphatic hydroxyl groups is 2. The molecule has 6 N–H and O–H groups in total. The van der Waals surface area contributed by atoms with Crippen molar-refractivity contribution in [3.8, 4) is 0 Å². The summed E-state index contributed by atoms with van der Waals surface area (Å²) in [7, 11) is 0. The van der Waals surface area contributed by atoms with Crippen LogP contribution in [-0.2, 0) is 9.53 Å². The van der Waals surface area contributed by atoms with Crippen molar-refractivity contribution in [3.05, 3.63) is 38.7 Å². The van der Waals surface area contributed by atoms with E-state index in [0.717, 1.165) is 25.7 Å². The molecular weight excluding hydrogens is 380 g/mol. The van der Waals surface area contributed by atoms with Gasteiger partial charge in [0, 0.05) is 37.8 Å². The van der Waals surface area contributed by atoms with Crippen molar-refractivity contribution in [1.82, 2.24) is 14.9 Å². The van der Waals surface area contributed by atoms with E-state index in [1.165, 1.54) is 22.9 Å². The molecule has 0 saturated carbocycles. The average molecular weight is 410 g/mol. The van der Waals surface area contributed by atoms with Crippen LogP contribution in [0.1, 0.15) is 43.9 Å².